The quantitative estimate of drug-likeness (QED) is 0.788. The van der Waals surface area contributed by atoms with E-state index in [0.29, 0.717) is 12.3 Å². The molecule has 26 heavy (non-hydrogen) atoms. The number of alkyl halides is 3. The molecule has 0 bridgehead atoms. The lowest BCUT2D eigenvalue weighted by Gasteiger charge is -2.17. The van der Waals surface area contributed by atoms with Gasteiger partial charge in [0.1, 0.15) is 11.9 Å². The molecule has 6 nitrogen and oxygen atoms in total. The Hall–Kier alpha value is -2.33. The van der Waals surface area contributed by atoms with Crippen molar-refractivity contribution in [1.82, 2.24) is 9.29 Å². The summed E-state index contributed by atoms with van der Waals surface area (Å²) in [7, 11) is -3.83. The summed E-state index contributed by atoms with van der Waals surface area (Å²) in [4.78, 5) is 3.92. The highest BCUT2D eigenvalue weighted by Gasteiger charge is 2.34. The Morgan fingerprint density at radius 2 is 1.85 bits per heavy atom. The lowest BCUT2D eigenvalue weighted by molar-refractivity contribution is -0.274. The highest BCUT2D eigenvalue weighted by Crippen LogP contribution is 2.27. The highest BCUT2D eigenvalue weighted by molar-refractivity contribution is 7.89. The van der Waals surface area contributed by atoms with Crippen molar-refractivity contribution in [2.75, 3.05) is 13.1 Å². The zero-order valence-electron chi connectivity index (χ0n) is 13.4. The molecule has 1 unspecified atom stereocenters. The van der Waals surface area contributed by atoms with Gasteiger partial charge in [0.2, 0.25) is 15.9 Å². The van der Waals surface area contributed by atoms with Crippen molar-refractivity contribution in [2.24, 2.45) is 0 Å². The maximum atomic E-state index is 12.6. The van der Waals surface area contributed by atoms with Crippen molar-refractivity contribution in [1.29, 1.82) is 0 Å². The summed E-state index contributed by atoms with van der Waals surface area (Å²) < 4.78 is 72.4. The summed E-state index contributed by atoms with van der Waals surface area (Å²) in [5.41, 5.74) is 0. The highest BCUT2D eigenvalue weighted by atomic mass is 32.2. The van der Waals surface area contributed by atoms with Crippen molar-refractivity contribution in [3.8, 4) is 11.6 Å². The van der Waals surface area contributed by atoms with E-state index in [9.17, 15) is 21.6 Å². The van der Waals surface area contributed by atoms with Crippen LogP contribution < -0.4 is 9.47 Å². The third kappa shape index (κ3) is 4.44. The molecule has 1 aliphatic heterocycles. The minimum atomic E-state index is -4.83. The molecule has 0 saturated carbocycles. The number of hydrogen-bond acceptors (Lipinski definition) is 5. The Kier molecular flexibility index (Phi) is 5.05. The molecule has 3 rings (SSSR count). The number of sulfonamides is 1. The third-order valence-corrected chi connectivity index (χ3v) is 5.61. The molecule has 2 aromatic rings. The van der Waals surface area contributed by atoms with Crippen LogP contribution in [0.1, 0.15) is 6.42 Å². The van der Waals surface area contributed by atoms with Crippen LogP contribution in [0.5, 0.6) is 11.6 Å². The van der Waals surface area contributed by atoms with Gasteiger partial charge in [-0.2, -0.15) is 4.31 Å². The molecule has 0 radical (unpaired) electrons. The topological polar surface area (TPSA) is 68.7 Å². The summed E-state index contributed by atoms with van der Waals surface area (Å²) in [5, 5.41) is 0. The molecule has 1 saturated heterocycles. The van der Waals surface area contributed by atoms with Crippen LogP contribution in [0.25, 0.3) is 0 Å². The van der Waals surface area contributed by atoms with Gasteiger partial charge in [0, 0.05) is 18.8 Å². The van der Waals surface area contributed by atoms with E-state index in [1.165, 1.54) is 4.31 Å². The number of ether oxygens (including phenoxy) is 2. The normalized spacial score (nSPS) is 18.7. The maximum absolute atomic E-state index is 12.6. The summed E-state index contributed by atoms with van der Waals surface area (Å²) in [6.45, 7) is 0.389. The van der Waals surface area contributed by atoms with Crippen LogP contribution in [-0.2, 0) is 10.0 Å². The summed E-state index contributed by atoms with van der Waals surface area (Å²) >= 11 is 0. The fourth-order valence-electron chi connectivity index (χ4n) is 2.56. The summed E-state index contributed by atoms with van der Waals surface area (Å²) in [5.74, 6) is -0.0698. The molecule has 1 aromatic heterocycles. The van der Waals surface area contributed by atoms with E-state index in [1.54, 1.807) is 24.4 Å². The van der Waals surface area contributed by atoms with Crippen molar-refractivity contribution in [3.63, 3.8) is 0 Å². The van der Waals surface area contributed by atoms with E-state index in [-0.39, 0.29) is 24.1 Å². The Labute approximate surface area is 148 Å². The summed E-state index contributed by atoms with van der Waals surface area (Å²) in [6.07, 6.45) is -3.10. The molecule has 0 spiro atoms. The molecule has 0 N–H and O–H groups in total. The number of pyridine rings is 1. The molecule has 1 aliphatic rings. The van der Waals surface area contributed by atoms with Crippen LogP contribution in [0.2, 0.25) is 0 Å². The molecule has 10 heteroatoms. The number of rotatable bonds is 5. The Morgan fingerprint density at radius 3 is 2.46 bits per heavy atom. The molecule has 0 amide bonds. The fourth-order valence-corrected chi connectivity index (χ4v) is 4.05. The molecule has 2 heterocycles. The van der Waals surface area contributed by atoms with Crippen LogP contribution in [0.15, 0.2) is 53.6 Å². The Balaban J connectivity index is 1.67. The van der Waals surface area contributed by atoms with Crippen LogP contribution in [0.4, 0.5) is 13.2 Å². The van der Waals surface area contributed by atoms with Gasteiger partial charge in [-0.25, -0.2) is 13.4 Å². The number of aromatic nitrogens is 1. The van der Waals surface area contributed by atoms with E-state index in [2.05, 4.69) is 9.72 Å². The molecular weight excluding hydrogens is 373 g/mol. The molecular formula is C16H15F3N2O4S. The van der Waals surface area contributed by atoms with E-state index in [0.717, 1.165) is 24.3 Å². The van der Waals surface area contributed by atoms with Gasteiger partial charge in [-0.15, -0.1) is 13.2 Å². The Morgan fingerprint density at radius 1 is 1.12 bits per heavy atom. The van der Waals surface area contributed by atoms with Crippen LogP contribution in [0, 0.1) is 0 Å². The van der Waals surface area contributed by atoms with Gasteiger partial charge in [0.25, 0.3) is 0 Å². The minimum absolute atomic E-state index is 0.106. The van der Waals surface area contributed by atoms with Crippen LogP contribution in [0.3, 0.4) is 0 Å². The second kappa shape index (κ2) is 7.12. The number of hydrogen-bond donors (Lipinski definition) is 0. The van der Waals surface area contributed by atoms with Crippen LogP contribution in [-0.4, -0.2) is 43.3 Å². The van der Waals surface area contributed by atoms with Gasteiger partial charge in [-0.05, 0) is 36.8 Å². The van der Waals surface area contributed by atoms with Crippen molar-refractivity contribution in [3.05, 3.63) is 48.7 Å². The van der Waals surface area contributed by atoms with Gasteiger partial charge >= 0.3 is 6.36 Å². The molecule has 1 atom stereocenters. The summed E-state index contributed by atoms with van der Waals surface area (Å²) in [6, 6.07) is 9.29. The zero-order valence-corrected chi connectivity index (χ0v) is 14.2. The standard InChI is InChI=1S/C16H15F3N2O4S/c17-16(18,19)25-12-4-6-14(7-5-12)26(22,23)21-10-8-13(11-21)24-15-3-1-2-9-20-15/h1-7,9,13H,8,10-11H2. The molecule has 1 aromatic carbocycles. The van der Waals surface area contributed by atoms with Crippen LogP contribution >= 0.6 is 0 Å². The molecule has 1 fully saturated rings. The molecule has 0 aliphatic carbocycles. The first kappa shape index (κ1) is 18.5. The average Bonchev–Trinajstić information content (AvgIpc) is 3.04. The van der Waals surface area contributed by atoms with E-state index >= 15 is 0 Å². The van der Waals surface area contributed by atoms with Gasteiger partial charge in [0.05, 0.1) is 11.4 Å². The average molecular weight is 388 g/mol. The van der Waals surface area contributed by atoms with Crippen molar-refractivity contribution in [2.45, 2.75) is 23.8 Å². The smallest absolute Gasteiger partial charge is 0.473 e. The predicted molar refractivity (Wildman–Crippen MR) is 85.2 cm³/mol. The van der Waals surface area contributed by atoms with E-state index < -0.39 is 22.1 Å². The number of halogens is 3. The predicted octanol–water partition coefficient (Wildman–Crippen LogP) is 2.82. The van der Waals surface area contributed by atoms with E-state index in [4.69, 9.17) is 4.74 Å². The Bertz CT molecular complexity index is 842. The number of benzene rings is 1. The first-order valence-corrected chi connectivity index (χ1v) is 9.12. The first-order valence-electron chi connectivity index (χ1n) is 7.68. The zero-order chi connectivity index (χ0) is 18.8. The monoisotopic (exact) mass is 388 g/mol. The first-order chi connectivity index (χ1) is 12.2. The largest absolute Gasteiger partial charge is 0.573 e. The second-order valence-corrected chi connectivity index (χ2v) is 7.52. The van der Waals surface area contributed by atoms with E-state index in [1.807, 2.05) is 0 Å². The second-order valence-electron chi connectivity index (χ2n) is 5.58. The van der Waals surface area contributed by atoms with Gasteiger partial charge < -0.3 is 9.47 Å². The third-order valence-electron chi connectivity index (χ3n) is 3.73. The fraction of sp³-hybridized carbons (Fsp3) is 0.312. The van der Waals surface area contributed by atoms with Gasteiger partial charge in [0.15, 0.2) is 0 Å². The lowest BCUT2D eigenvalue weighted by Crippen LogP contribution is -2.31. The van der Waals surface area contributed by atoms with Crippen molar-refractivity contribution < 1.29 is 31.1 Å². The van der Waals surface area contributed by atoms with Gasteiger partial charge in [-0.1, -0.05) is 6.07 Å². The number of nitrogens with zero attached hydrogens (tertiary/aromatic N) is 2. The SMILES string of the molecule is O=S(=O)(c1ccc(OC(F)(F)F)cc1)N1CCC(Oc2ccccn2)C1. The maximum Gasteiger partial charge on any atom is 0.573 e. The minimum Gasteiger partial charge on any atom is -0.473 e. The van der Waals surface area contributed by atoms with Crippen molar-refractivity contribution >= 4 is 10.0 Å². The molecule has 140 valence electrons. The van der Waals surface area contributed by atoms with Gasteiger partial charge in [-0.3, -0.25) is 0 Å². The lowest BCUT2D eigenvalue weighted by atomic mass is 10.3.